The molecule has 1 aliphatic heterocycles. The van der Waals surface area contributed by atoms with E-state index in [4.69, 9.17) is 0 Å². The van der Waals surface area contributed by atoms with E-state index < -0.39 is 0 Å². The van der Waals surface area contributed by atoms with Crippen molar-refractivity contribution in [3.8, 4) is 0 Å². The molecule has 3 rings (SSSR count). The van der Waals surface area contributed by atoms with Gasteiger partial charge in [0.15, 0.2) is 5.78 Å². The predicted molar refractivity (Wildman–Crippen MR) is 71.4 cm³/mol. The summed E-state index contributed by atoms with van der Waals surface area (Å²) in [5, 5.41) is 3.48. The van der Waals surface area contributed by atoms with Gasteiger partial charge in [-0.2, -0.15) is 0 Å². The summed E-state index contributed by atoms with van der Waals surface area (Å²) < 4.78 is 0.998. The molecule has 1 spiro atoms. The maximum absolute atomic E-state index is 12.7. The molecule has 1 aliphatic carbocycles. The Morgan fingerprint density at radius 1 is 1.24 bits per heavy atom. The van der Waals surface area contributed by atoms with Gasteiger partial charge in [-0.15, -0.1) is 0 Å². The van der Waals surface area contributed by atoms with Crippen LogP contribution in [0.3, 0.4) is 0 Å². The van der Waals surface area contributed by atoms with Crippen molar-refractivity contribution < 1.29 is 4.79 Å². The third-order valence-electron chi connectivity index (χ3n) is 4.07. The number of benzene rings is 1. The Bertz CT molecular complexity index is 463. The van der Waals surface area contributed by atoms with Crippen LogP contribution in [0.1, 0.15) is 41.6 Å². The summed E-state index contributed by atoms with van der Waals surface area (Å²) in [5.41, 5.74) is 1.86. The van der Waals surface area contributed by atoms with E-state index in [2.05, 4.69) is 27.3 Å². The number of carbonyl (C=O) groups is 1. The maximum atomic E-state index is 12.7. The Labute approximate surface area is 110 Å². The number of nitrogens with one attached hydrogen (secondary N) is 1. The largest absolute Gasteiger partial charge is 0.305 e. The van der Waals surface area contributed by atoms with Crippen molar-refractivity contribution in [1.82, 2.24) is 5.32 Å². The van der Waals surface area contributed by atoms with Crippen molar-refractivity contribution in [1.29, 1.82) is 0 Å². The highest BCUT2D eigenvalue weighted by atomic mass is 79.9. The second kappa shape index (κ2) is 4.21. The van der Waals surface area contributed by atoms with Gasteiger partial charge >= 0.3 is 0 Å². The van der Waals surface area contributed by atoms with Crippen LogP contribution in [0.5, 0.6) is 0 Å². The van der Waals surface area contributed by atoms with Crippen LogP contribution in [-0.4, -0.2) is 17.9 Å². The highest BCUT2D eigenvalue weighted by molar-refractivity contribution is 9.10. The van der Waals surface area contributed by atoms with Crippen LogP contribution in [0.25, 0.3) is 0 Å². The zero-order valence-corrected chi connectivity index (χ0v) is 11.3. The Morgan fingerprint density at radius 2 is 2.12 bits per heavy atom. The molecule has 0 aromatic heterocycles. The van der Waals surface area contributed by atoms with E-state index in [-0.39, 0.29) is 5.54 Å². The summed E-state index contributed by atoms with van der Waals surface area (Å²) in [4.78, 5) is 12.7. The first kappa shape index (κ1) is 11.4. The molecule has 90 valence electrons. The molecule has 1 aromatic carbocycles. The molecule has 1 fully saturated rings. The smallest absolute Gasteiger partial charge is 0.183 e. The quantitative estimate of drug-likeness (QED) is 0.796. The number of hydrogen-bond acceptors (Lipinski definition) is 2. The molecule has 0 radical (unpaired) electrons. The SMILES string of the molecule is O=C1c2cc(Br)ccc2CCC12CCCCN2. The lowest BCUT2D eigenvalue weighted by Gasteiger charge is -2.40. The lowest BCUT2D eigenvalue weighted by Crippen LogP contribution is -2.56. The minimum atomic E-state index is -0.258. The van der Waals surface area contributed by atoms with Gasteiger partial charge in [0.25, 0.3) is 0 Å². The Kier molecular flexibility index (Phi) is 2.83. The molecule has 0 bridgehead atoms. The first-order valence-corrected chi connectivity index (χ1v) is 7.09. The number of ketones is 1. The summed E-state index contributed by atoms with van der Waals surface area (Å²) in [7, 11) is 0. The molecule has 1 heterocycles. The lowest BCUT2D eigenvalue weighted by atomic mass is 9.73. The van der Waals surface area contributed by atoms with Crippen LogP contribution in [0, 0.1) is 0 Å². The van der Waals surface area contributed by atoms with Crippen LogP contribution in [0.15, 0.2) is 22.7 Å². The topological polar surface area (TPSA) is 29.1 Å². The number of aryl methyl sites for hydroxylation is 1. The van der Waals surface area contributed by atoms with Crippen molar-refractivity contribution in [2.45, 2.75) is 37.6 Å². The fraction of sp³-hybridized carbons (Fsp3) is 0.500. The molecule has 0 saturated carbocycles. The van der Waals surface area contributed by atoms with E-state index in [1.807, 2.05) is 12.1 Å². The molecule has 17 heavy (non-hydrogen) atoms. The van der Waals surface area contributed by atoms with Gasteiger partial charge in [0.05, 0.1) is 5.54 Å². The molecular weight excluding hydrogens is 278 g/mol. The summed E-state index contributed by atoms with van der Waals surface area (Å²) in [6, 6.07) is 6.08. The van der Waals surface area contributed by atoms with E-state index in [0.29, 0.717) is 5.78 Å². The van der Waals surface area contributed by atoms with Crippen molar-refractivity contribution in [2.24, 2.45) is 0 Å². The molecule has 2 nitrogen and oxygen atoms in total. The molecule has 1 atom stereocenters. The summed E-state index contributed by atoms with van der Waals surface area (Å²) in [6.07, 6.45) is 5.34. The minimum Gasteiger partial charge on any atom is -0.305 e. The molecular formula is C14H16BrNO. The molecule has 2 aliphatic rings. The molecule has 1 N–H and O–H groups in total. The van der Waals surface area contributed by atoms with Gasteiger partial charge < -0.3 is 5.32 Å². The van der Waals surface area contributed by atoms with E-state index in [9.17, 15) is 4.79 Å². The van der Waals surface area contributed by atoms with Crippen molar-refractivity contribution >= 4 is 21.7 Å². The second-order valence-electron chi connectivity index (χ2n) is 5.10. The molecule has 1 aromatic rings. The number of halogens is 1. The zero-order valence-electron chi connectivity index (χ0n) is 9.76. The van der Waals surface area contributed by atoms with Crippen LogP contribution < -0.4 is 5.32 Å². The van der Waals surface area contributed by atoms with E-state index in [1.54, 1.807) is 0 Å². The van der Waals surface area contributed by atoms with Crippen LogP contribution >= 0.6 is 15.9 Å². The summed E-state index contributed by atoms with van der Waals surface area (Å²) in [5.74, 6) is 0.305. The average molecular weight is 294 g/mol. The lowest BCUT2D eigenvalue weighted by molar-refractivity contribution is 0.0782. The molecule has 3 heteroatoms. The average Bonchev–Trinajstić information content (AvgIpc) is 2.36. The zero-order chi connectivity index (χ0) is 11.9. The van der Waals surface area contributed by atoms with Gasteiger partial charge in [-0.25, -0.2) is 0 Å². The molecule has 0 amide bonds. The third-order valence-corrected chi connectivity index (χ3v) is 4.56. The molecule has 1 saturated heterocycles. The second-order valence-corrected chi connectivity index (χ2v) is 6.01. The van der Waals surface area contributed by atoms with E-state index in [1.165, 1.54) is 18.4 Å². The van der Waals surface area contributed by atoms with E-state index >= 15 is 0 Å². The highest BCUT2D eigenvalue weighted by Gasteiger charge is 2.42. The number of carbonyl (C=O) groups excluding carboxylic acids is 1. The van der Waals surface area contributed by atoms with Crippen LogP contribution in [-0.2, 0) is 6.42 Å². The number of fused-ring (bicyclic) bond motifs is 1. The standard InChI is InChI=1S/C14H16BrNO/c15-11-4-3-10-5-7-14(6-1-2-8-16-14)13(17)12(10)9-11/h3-4,9,16H,1-2,5-8H2. The number of Topliss-reactive ketones (excluding diaryl/α,β-unsaturated/α-hetero) is 1. The van der Waals surface area contributed by atoms with Crippen molar-refractivity contribution in [3.05, 3.63) is 33.8 Å². The number of piperidine rings is 1. The Balaban J connectivity index is 2.01. The number of rotatable bonds is 0. The van der Waals surface area contributed by atoms with E-state index in [0.717, 1.165) is 35.8 Å². The fourth-order valence-corrected chi connectivity index (χ4v) is 3.43. The monoisotopic (exact) mass is 293 g/mol. The molecule has 1 unspecified atom stereocenters. The van der Waals surface area contributed by atoms with Crippen molar-refractivity contribution in [3.63, 3.8) is 0 Å². The minimum absolute atomic E-state index is 0.258. The third kappa shape index (κ3) is 1.85. The maximum Gasteiger partial charge on any atom is 0.183 e. The van der Waals surface area contributed by atoms with Gasteiger partial charge in [-0.1, -0.05) is 22.0 Å². The first-order valence-electron chi connectivity index (χ1n) is 6.30. The van der Waals surface area contributed by atoms with Gasteiger partial charge in [0.2, 0.25) is 0 Å². The van der Waals surface area contributed by atoms with Crippen molar-refractivity contribution in [2.75, 3.05) is 6.54 Å². The van der Waals surface area contributed by atoms with Crippen LogP contribution in [0.2, 0.25) is 0 Å². The summed E-state index contributed by atoms with van der Waals surface area (Å²) in [6.45, 7) is 0.981. The van der Waals surface area contributed by atoms with Gasteiger partial charge in [0, 0.05) is 10.0 Å². The predicted octanol–water partition coefficient (Wildman–Crippen LogP) is 3.09. The van der Waals surface area contributed by atoms with Crippen LogP contribution in [0.4, 0.5) is 0 Å². The first-order chi connectivity index (χ1) is 8.21. The fourth-order valence-electron chi connectivity index (χ4n) is 3.07. The van der Waals surface area contributed by atoms with Gasteiger partial charge in [0.1, 0.15) is 0 Å². The number of hydrogen-bond donors (Lipinski definition) is 1. The highest BCUT2D eigenvalue weighted by Crippen LogP contribution is 2.35. The summed E-state index contributed by atoms with van der Waals surface area (Å²) >= 11 is 3.46. The Morgan fingerprint density at radius 3 is 2.88 bits per heavy atom. The Hall–Kier alpha value is -0.670. The van der Waals surface area contributed by atoms with Gasteiger partial charge in [-0.05, 0) is 56.3 Å². The normalized spacial score (nSPS) is 28.2. The van der Waals surface area contributed by atoms with Gasteiger partial charge in [-0.3, -0.25) is 4.79 Å².